The van der Waals surface area contributed by atoms with Crippen molar-refractivity contribution in [1.82, 2.24) is 8.01 Å². The Balaban J connectivity index is 2.50. The van der Waals surface area contributed by atoms with Gasteiger partial charge in [-0.25, -0.2) is 3.11 Å². The molecule has 2 nitrogen and oxygen atoms in total. The average Bonchev–Trinajstić information content (AvgIpc) is 2.15. The molecule has 0 saturated carbocycles. The molecular weight excluding hydrogens is 320 g/mol. The molecule has 0 bridgehead atoms. The Kier molecular flexibility index (Phi) is 4.66. The highest BCUT2D eigenvalue weighted by molar-refractivity contribution is 14.1. The van der Waals surface area contributed by atoms with Gasteiger partial charge in [0.2, 0.25) is 0 Å². The second-order valence-electron chi connectivity index (χ2n) is 4.02. The van der Waals surface area contributed by atoms with Crippen LogP contribution >= 0.6 is 22.9 Å². The minimum atomic E-state index is -4.11. The molecule has 1 unspecified atom stereocenters. The third-order valence-electron chi connectivity index (χ3n) is 3.07. The van der Waals surface area contributed by atoms with Crippen LogP contribution in [0.5, 0.6) is 0 Å². The highest BCUT2D eigenvalue weighted by Gasteiger charge is 2.41. The van der Waals surface area contributed by atoms with Gasteiger partial charge in [0.1, 0.15) is 6.04 Å². The van der Waals surface area contributed by atoms with Crippen molar-refractivity contribution in [1.29, 1.82) is 0 Å². The molecule has 1 aliphatic rings. The molecule has 1 aliphatic heterocycles. The number of rotatable bonds is 2. The second kappa shape index (κ2) is 5.18. The van der Waals surface area contributed by atoms with Gasteiger partial charge in [-0.15, -0.1) is 0 Å². The van der Waals surface area contributed by atoms with Gasteiger partial charge >= 0.3 is 6.18 Å². The third-order valence-corrected chi connectivity index (χ3v) is 4.04. The molecule has 1 saturated heterocycles. The van der Waals surface area contributed by atoms with Crippen molar-refractivity contribution < 1.29 is 13.2 Å². The summed E-state index contributed by atoms with van der Waals surface area (Å²) in [6.07, 6.45) is -2.48. The molecular formula is C9H16F3IN2. The Morgan fingerprint density at radius 2 is 1.80 bits per heavy atom. The van der Waals surface area contributed by atoms with E-state index in [9.17, 15) is 13.2 Å². The van der Waals surface area contributed by atoms with Crippen LogP contribution in [-0.2, 0) is 0 Å². The van der Waals surface area contributed by atoms with Crippen LogP contribution in [0.3, 0.4) is 0 Å². The zero-order chi connectivity index (χ0) is 11.6. The molecule has 0 N–H and O–H groups in total. The van der Waals surface area contributed by atoms with E-state index in [2.05, 4.69) is 26.0 Å². The van der Waals surface area contributed by atoms with Gasteiger partial charge in [0.15, 0.2) is 0 Å². The third kappa shape index (κ3) is 3.74. The van der Waals surface area contributed by atoms with Crippen LogP contribution in [0.15, 0.2) is 0 Å². The lowest BCUT2D eigenvalue weighted by atomic mass is 10.0. The number of hydrogen-bond donors (Lipinski definition) is 0. The molecule has 0 aromatic rings. The van der Waals surface area contributed by atoms with Crippen molar-refractivity contribution in [2.75, 3.05) is 20.1 Å². The number of hydrogen-bond acceptors (Lipinski definition) is 2. The fourth-order valence-electron chi connectivity index (χ4n) is 1.79. The van der Waals surface area contributed by atoms with Gasteiger partial charge in [-0.2, -0.15) is 13.2 Å². The second-order valence-corrected chi connectivity index (χ2v) is 5.39. The van der Waals surface area contributed by atoms with Crippen molar-refractivity contribution in [3.05, 3.63) is 0 Å². The summed E-state index contributed by atoms with van der Waals surface area (Å²) >= 11 is 2.22. The average molecular weight is 336 g/mol. The Bertz CT molecular complexity index is 202. The maximum Gasteiger partial charge on any atom is 0.403 e. The Hall–Kier alpha value is 0.440. The van der Waals surface area contributed by atoms with E-state index in [0.717, 1.165) is 25.9 Å². The normalized spacial score (nSPS) is 23.4. The smallest absolute Gasteiger partial charge is 0.292 e. The number of piperidine rings is 1. The predicted octanol–water partition coefficient (Wildman–Crippen LogP) is 2.68. The van der Waals surface area contributed by atoms with Crippen LogP contribution in [0.25, 0.3) is 0 Å². The Labute approximate surface area is 102 Å². The molecule has 15 heavy (non-hydrogen) atoms. The lowest BCUT2D eigenvalue weighted by molar-refractivity contribution is -0.181. The number of nitrogens with zero attached hydrogens (tertiary/aromatic N) is 2. The standard InChI is InChI=1S/C9H16F3IN2/c1-7(9(10,11)12)14(2)8-3-5-15(13)6-4-8/h7-8H,3-6H2,1-2H3. The van der Waals surface area contributed by atoms with Gasteiger partial charge in [0.25, 0.3) is 0 Å². The van der Waals surface area contributed by atoms with Crippen molar-refractivity contribution in [2.24, 2.45) is 0 Å². The van der Waals surface area contributed by atoms with E-state index in [1.807, 2.05) is 0 Å². The van der Waals surface area contributed by atoms with Gasteiger partial charge in [-0.1, -0.05) is 0 Å². The lowest BCUT2D eigenvalue weighted by Crippen LogP contribution is -2.49. The molecule has 0 aromatic carbocycles. The van der Waals surface area contributed by atoms with E-state index < -0.39 is 12.2 Å². The maximum atomic E-state index is 12.5. The van der Waals surface area contributed by atoms with Gasteiger partial charge in [-0.05, 0) is 26.8 Å². The maximum absolute atomic E-state index is 12.5. The van der Waals surface area contributed by atoms with Crippen molar-refractivity contribution in [3.63, 3.8) is 0 Å². The van der Waals surface area contributed by atoms with Crippen molar-refractivity contribution in [3.8, 4) is 0 Å². The van der Waals surface area contributed by atoms with E-state index in [1.54, 1.807) is 7.05 Å². The summed E-state index contributed by atoms with van der Waals surface area (Å²) in [6, 6.07) is -1.28. The molecule has 0 amide bonds. The first-order valence-corrected chi connectivity index (χ1v) is 5.98. The molecule has 0 radical (unpaired) electrons. The Morgan fingerprint density at radius 3 is 2.20 bits per heavy atom. The minimum absolute atomic E-state index is 0.0626. The molecule has 1 fully saturated rings. The van der Waals surface area contributed by atoms with E-state index in [0.29, 0.717) is 0 Å². The minimum Gasteiger partial charge on any atom is -0.292 e. The number of alkyl halides is 3. The zero-order valence-electron chi connectivity index (χ0n) is 8.89. The summed E-state index contributed by atoms with van der Waals surface area (Å²) in [6.45, 7) is 2.98. The summed E-state index contributed by atoms with van der Waals surface area (Å²) in [5, 5.41) is 0. The fraction of sp³-hybridized carbons (Fsp3) is 1.00. The topological polar surface area (TPSA) is 6.48 Å². The van der Waals surface area contributed by atoms with Crippen LogP contribution in [0, 0.1) is 0 Å². The van der Waals surface area contributed by atoms with E-state index >= 15 is 0 Å². The lowest BCUT2D eigenvalue weighted by Gasteiger charge is -2.38. The van der Waals surface area contributed by atoms with E-state index in [1.165, 1.54) is 11.8 Å². The van der Waals surface area contributed by atoms with Crippen molar-refractivity contribution >= 4 is 22.9 Å². The van der Waals surface area contributed by atoms with Crippen LogP contribution in [0.1, 0.15) is 19.8 Å². The Morgan fingerprint density at radius 1 is 1.33 bits per heavy atom. The molecule has 90 valence electrons. The summed E-state index contributed by atoms with van der Waals surface area (Å²) in [4.78, 5) is 1.46. The molecule has 1 atom stereocenters. The number of halogens is 4. The quantitative estimate of drug-likeness (QED) is 0.565. The van der Waals surface area contributed by atoms with E-state index in [-0.39, 0.29) is 6.04 Å². The van der Waals surface area contributed by atoms with Gasteiger partial charge in [0, 0.05) is 42.0 Å². The van der Waals surface area contributed by atoms with Crippen LogP contribution < -0.4 is 0 Å². The summed E-state index contributed by atoms with van der Waals surface area (Å²) in [5.74, 6) is 0. The highest BCUT2D eigenvalue weighted by atomic mass is 127. The van der Waals surface area contributed by atoms with Crippen LogP contribution in [0.2, 0.25) is 0 Å². The van der Waals surface area contributed by atoms with Crippen molar-refractivity contribution in [2.45, 2.75) is 38.0 Å². The highest BCUT2D eigenvalue weighted by Crippen LogP contribution is 2.28. The van der Waals surface area contributed by atoms with Gasteiger partial charge in [-0.3, -0.25) is 4.90 Å². The fourth-order valence-corrected chi connectivity index (χ4v) is 2.35. The monoisotopic (exact) mass is 336 g/mol. The van der Waals surface area contributed by atoms with Crippen LogP contribution in [0.4, 0.5) is 13.2 Å². The van der Waals surface area contributed by atoms with Crippen LogP contribution in [-0.4, -0.2) is 46.4 Å². The largest absolute Gasteiger partial charge is 0.403 e. The van der Waals surface area contributed by atoms with Gasteiger partial charge in [0.05, 0.1) is 0 Å². The molecule has 1 rings (SSSR count). The molecule has 1 heterocycles. The summed E-state index contributed by atoms with van der Waals surface area (Å²) in [7, 11) is 1.58. The molecule has 0 aromatic heterocycles. The molecule has 0 aliphatic carbocycles. The molecule has 0 spiro atoms. The summed E-state index contributed by atoms with van der Waals surface area (Å²) < 4.78 is 39.6. The zero-order valence-corrected chi connectivity index (χ0v) is 11.0. The SMILES string of the molecule is CC(N(C)C1CCN(I)CC1)C(F)(F)F. The summed E-state index contributed by atoms with van der Waals surface area (Å²) in [5.41, 5.74) is 0. The first kappa shape index (κ1) is 13.5. The first-order chi connectivity index (χ1) is 6.82. The first-order valence-electron chi connectivity index (χ1n) is 5.01. The predicted molar refractivity (Wildman–Crippen MR) is 61.9 cm³/mol. The van der Waals surface area contributed by atoms with Gasteiger partial charge < -0.3 is 0 Å². The molecule has 6 heteroatoms. The van der Waals surface area contributed by atoms with E-state index in [4.69, 9.17) is 0 Å².